The second kappa shape index (κ2) is 6.09. The van der Waals surface area contributed by atoms with Crippen LogP contribution in [-0.2, 0) is 22.8 Å². The average molecular weight is 349 g/mol. The van der Waals surface area contributed by atoms with Crippen molar-refractivity contribution in [2.75, 3.05) is 6.54 Å². The van der Waals surface area contributed by atoms with Gasteiger partial charge in [0.25, 0.3) is 5.91 Å². The van der Waals surface area contributed by atoms with E-state index in [0.29, 0.717) is 13.1 Å². The van der Waals surface area contributed by atoms with Gasteiger partial charge in [-0.1, -0.05) is 12.1 Å². The molecule has 0 aliphatic carbocycles. The molecule has 2 aromatic rings. The van der Waals surface area contributed by atoms with Crippen LogP contribution in [0.5, 0.6) is 0 Å². The SMILES string of the molecule is CC(C)S(=O)(=O)c1ccccc1C(=O)N1CCc2ccsc2C1. The minimum atomic E-state index is -3.49. The molecule has 0 atom stereocenters. The van der Waals surface area contributed by atoms with E-state index in [-0.39, 0.29) is 16.4 Å². The third kappa shape index (κ3) is 2.93. The van der Waals surface area contributed by atoms with Crippen molar-refractivity contribution in [2.24, 2.45) is 0 Å². The number of amides is 1. The largest absolute Gasteiger partial charge is 0.333 e. The number of hydrogen-bond donors (Lipinski definition) is 0. The molecule has 122 valence electrons. The van der Waals surface area contributed by atoms with Crippen LogP contribution < -0.4 is 0 Å². The molecule has 1 aliphatic rings. The van der Waals surface area contributed by atoms with Gasteiger partial charge in [0.05, 0.1) is 22.3 Å². The fourth-order valence-electron chi connectivity index (χ4n) is 2.73. The van der Waals surface area contributed by atoms with E-state index in [4.69, 9.17) is 0 Å². The van der Waals surface area contributed by atoms with Gasteiger partial charge < -0.3 is 4.90 Å². The van der Waals surface area contributed by atoms with E-state index in [1.807, 2.05) is 5.38 Å². The van der Waals surface area contributed by atoms with Gasteiger partial charge in [-0.05, 0) is 49.4 Å². The number of benzene rings is 1. The van der Waals surface area contributed by atoms with Crippen LogP contribution in [-0.4, -0.2) is 31.0 Å². The smallest absolute Gasteiger partial charge is 0.255 e. The number of thiophene rings is 1. The minimum Gasteiger partial charge on any atom is -0.333 e. The molecule has 1 aliphatic heterocycles. The summed E-state index contributed by atoms with van der Waals surface area (Å²) in [5.41, 5.74) is 1.57. The fourth-order valence-corrected chi connectivity index (χ4v) is 4.91. The third-order valence-electron chi connectivity index (χ3n) is 4.16. The highest BCUT2D eigenvalue weighted by Gasteiger charge is 2.29. The van der Waals surface area contributed by atoms with Crippen molar-refractivity contribution >= 4 is 27.1 Å². The lowest BCUT2D eigenvalue weighted by Gasteiger charge is -2.27. The molecule has 0 saturated carbocycles. The first-order valence-electron chi connectivity index (χ1n) is 7.58. The summed E-state index contributed by atoms with van der Waals surface area (Å²) in [4.78, 5) is 16.0. The molecule has 0 fully saturated rings. The number of carbonyl (C=O) groups excluding carboxylic acids is 1. The van der Waals surface area contributed by atoms with Gasteiger partial charge in [0, 0.05) is 11.4 Å². The van der Waals surface area contributed by atoms with Gasteiger partial charge in [-0.3, -0.25) is 4.79 Å². The first kappa shape index (κ1) is 16.2. The van der Waals surface area contributed by atoms with Gasteiger partial charge in [0.2, 0.25) is 0 Å². The molecule has 4 nitrogen and oxygen atoms in total. The average Bonchev–Trinajstić information content (AvgIpc) is 3.01. The van der Waals surface area contributed by atoms with E-state index >= 15 is 0 Å². The number of nitrogens with zero attached hydrogens (tertiary/aromatic N) is 1. The molecule has 1 aromatic heterocycles. The Hall–Kier alpha value is -1.66. The highest BCUT2D eigenvalue weighted by Crippen LogP contribution is 2.27. The second-order valence-corrected chi connectivity index (χ2v) is 9.41. The van der Waals surface area contributed by atoms with E-state index in [2.05, 4.69) is 6.07 Å². The molecule has 2 heterocycles. The van der Waals surface area contributed by atoms with Crippen LogP contribution in [0.15, 0.2) is 40.6 Å². The second-order valence-electron chi connectivity index (χ2n) is 5.94. The van der Waals surface area contributed by atoms with Crippen LogP contribution in [0.2, 0.25) is 0 Å². The first-order chi connectivity index (χ1) is 10.9. The predicted octanol–water partition coefficient (Wildman–Crippen LogP) is 3.13. The summed E-state index contributed by atoms with van der Waals surface area (Å²) in [6.07, 6.45) is 0.823. The van der Waals surface area contributed by atoms with Crippen molar-refractivity contribution in [3.63, 3.8) is 0 Å². The molecule has 0 unspecified atom stereocenters. The third-order valence-corrected chi connectivity index (χ3v) is 7.31. The fraction of sp³-hybridized carbons (Fsp3) is 0.353. The van der Waals surface area contributed by atoms with Crippen LogP contribution >= 0.6 is 11.3 Å². The molecule has 3 rings (SSSR count). The zero-order valence-corrected chi connectivity index (χ0v) is 14.8. The summed E-state index contributed by atoms with van der Waals surface area (Å²) in [7, 11) is -3.49. The molecule has 0 spiro atoms. The highest BCUT2D eigenvalue weighted by molar-refractivity contribution is 7.92. The molecule has 1 amide bonds. The van der Waals surface area contributed by atoms with Crippen molar-refractivity contribution in [3.8, 4) is 0 Å². The Morgan fingerprint density at radius 3 is 2.70 bits per heavy atom. The van der Waals surface area contributed by atoms with Crippen LogP contribution in [0.1, 0.15) is 34.6 Å². The topological polar surface area (TPSA) is 54.5 Å². The summed E-state index contributed by atoms with van der Waals surface area (Å²) < 4.78 is 25.1. The molecule has 0 bridgehead atoms. The molecular formula is C17H19NO3S2. The minimum absolute atomic E-state index is 0.136. The Bertz CT molecular complexity index is 837. The van der Waals surface area contributed by atoms with Crippen molar-refractivity contribution in [3.05, 3.63) is 51.7 Å². The van der Waals surface area contributed by atoms with E-state index in [1.165, 1.54) is 16.5 Å². The Labute approximate surface area is 140 Å². The van der Waals surface area contributed by atoms with Crippen LogP contribution in [0.3, 0.4) is 0 Å². The molecule has 0 saturated heterocycles. The number of sulfone groups is 1. The lowest BCUT2D eigenvalue weighted by molar-refractivity contribution is 0.0733. The zero-order valence-electron chi connectivity index (χ0n) is 13.2. The van der Waals surface area contributed by atoms with Crippen LogP contribution in [0, 0.1) is 0 Å². The Morgan fingerprint density at radius 2 is 1.96 bits per heavy atom. The maximum atomic E-state index is 12.9. The molecule has 0 N–H and O–H groups in total. The summed E-state index contributed by atoms with van der Waals surface area (Å²) in [5.74, 6) is -0.205. The molecule has 1 aromatic carbocycles. The number of hydrogen-bond acceptors (Lipinski definition) is 4. The van der Waals surface area contributed by atoms with Gasteiger partial charge in [0.15, 0.2) is 9.84 Å². The van der Waals surface area contributed by atoms with Crippen molar-refractivity contribution in [1.29, 1.82) is 0 Å². The predicted molar refractivity (Wildman–Crippen MR) is 91.5 cm³/mol. The number of rotatable bonds is 3. The van der Waals surface area contributed by atoms with Crippen molar-refractivity contribution in [2.45, 2.75) is 37.0 Å². The highest BCUT2D eigenvalue weighted by atomic mass is 32.2. The Kier molecular flexibility index (Phi) is 4.29. The number of fused-ring (bicyclic) bond motifs is 1. The summed E-state index contributed by atoms with van der Waals surface area (Å²) in [5, 5.41) is 1.48. The summed E-state index contributed by atoms with van der Waals surface area (Å²) >= 11 is 1.64. The van der Waals surface area contributed by atoms with E-state index in [9.17, 15) is 13.2 Å². The normalized spacial score (nSPS) is 14.8. The van der Waals surface area contributed by atoms with Gasteiger partial charge in [-0.2, -0.15) is 0 Å². The van der Waals surface area contributed by atoms with Gasteiger partial charge in [0.1, 0.15) is 0 Å². The van der Waals surface area contributed by atoms with Gasteiger partial charge >= 0.3 is 0 Å². The summed E-state index contributed by atoms with van der Waals surface area (Å²) in [6, 6.07) is 8.62. The maximum absolute atomic E-state index is 12.9. The standard InChI is InChI=1S/C17H19NO3S2/c1-12(2)23(20,21)16-6-4-3-5-14(16)17(19)18-9-7-13-8-10-22-15(13)11-18/h3-6,8,10,12H,7,9,11H2,1-2H3. The van der Waals surface area contributed by atoms with Gasteiger partial charge in [-0.15, -0.1) is 11.3 Å². The van der Waals surface area contributed by atoms with Crippen LogP contribution in [0.4, 0.5) is 0 Å². The number of carbonyl (C=O) groups is 1. The molecule has 0 radical (unpaired) electrons. The quantitative estimate of drug-likeness (QED) is 0.855. The zero-order chi connectivity index (χ0) is 16.6. The molecule has 23 heavy (non-hydrogen) atoms. The summed E-state index contributed by atoms with van der Waals surface area (Å²) in [6.45, 7) is 4.45. The monoisotopic (exact) mass is 349 g/mol. The lowest BCUT2D eigenvalue weighted by atomic mass is 10.1. The molecular weight excluding hydrogens is 330 g/mol. The van der Waals surface area contributed by atoms with Crippen molar-refractivity contribution < 1.29 is 13.2 Å². The Balaban J connectivity index is 1.96. The van der Waals surface area contributed by atoms with E-state index in [0.717, 1.165) is 6.42 Å². The first-order valence-corrected chi connectivity index (χ1v) is 10.0. The van der Waals surface area contributed by atoms with Crippen molar-refractivity contribution in [1.82, 2.24) is 4.90 Å². The van der Waals surface area contributed by atoms with E-state index < -0.39 is 15.1 Å². The van der Waals surface area contributed by atoms with Crippen LogP contribution in [0.25, 0.3) is 0 Å². The van der Waals surface area contributed by atoms with E-state index in [1.54, 1.807) is 48.3 Å². The maximum Gasteiger partial charge on any atom is 0.255 e. The Morgan fingerprint density at radius 1 is 1.22 bits per heavy atom. The van der Waals surface area contributed by atoms with Gasteiger partial charge in [-0.25, -0.2) is 8.42 Å². The lowest BCUT2D eigenvalue weighted by Crippen LogP contribution is -2.36. The molecule has 6 heteroatoms.